The van der Waals surface area contributed by atoms with Crippen molar-refractivity contribution in [3.8, 4) is 0 Å². The van der Waals surface area contributed by atoms with Gasteiger partial charge in [-0.3, -0.25) is 4.79 Å². The van der Waals surface area contributed by atoms with Gasteiger partial charge in [0.05, 0.1) is 0 Å². The number of hydrogen-bond acceptors (Lipinski definition) is 2. The molecule has 22 heavy (non-hydrogen) atoms. The van der Waals surface area contributed by atoms with Crippen molar-refractivity contribution >= 4 is 16.8 Å². The second-order valence-electron chi connectivity index (χ2n) is 5.93. The zero-order valence-corrected chi connectivity index (χ0v) is 12.7. The maximum atomic E-state index is 13.2. The predicted molar refractivity (Wildman–Crippen MR) is 85.5 cm³/mol. The fourth-order valence-electron chi connectivity index (χ4n) is 3.01. The summed E-state index contributed by atoms with van der Waals surface area (Å²) in [5.74, 6) is -0.421. The monoisotopic (exact) mass is 303 g/mol. The molecule has 2 N–H and O–H groups in total. The number of piperidine rings is 1. The molecule has 118 valence electrons. The summed E-state index contributed by atoms with van der Waals surface area (Å²) in [5.41, 5.74) is 1.26. The van der Waals surface area contributed by atoms with E-state index in [0.717, 1.165) is 23.9 Å². The number of aromatic amines is 1. The number of halogens is 1. The van der Waals surface area contributed by atoms with E-state index in [9.17, 15) is 9.18 Å². The highest BCUT2D eigenvalue weighted by atomic mass is 19.1. The molecule has 1 aromatic carbocycles. The fraction of sp³-hybridized carbons (Fsp3) is 0.471. The van der Waals surface area contributed by atoms with Crippen molar-refractivity contribution in [3.63, 3.8) is 0 Å². The maximum Gasteiger partial charge on any atom is 0.267 e. The SMILES string of the molecule is O=C(NCCCN1CCCCC1)c1cc2cc(F)ccc2[nH]1. The minimum absolute atomic E-state index is 0.129. The number of H-pyrrole nitrogens is 1. The summed E-state index contributed by atoms with van der Waals surface area (Å²) in [4.78, 5) is 17.6. The number of fused-ring (bicyclic) bond motifs is 1. The quantitative estimate of drug-likeness (QED) is 0.834. The third-order valence-corrected chi connectivity index (χ3v) is 4.21. The van der Waals surface area contributed by atoms with Crippen LogP contribution in [0.15, 0.2) is 24.3 Å². The van der Waals surface area contributed by atoms with Crippen molar-refractivity contribution < 1.29 is 9.18 Å². The summed E-state index contributed by atoms with van der Waals surface area (Å²) in [6.45, 7) is 4.07. The van der Waals surface area contributed by atoms with Gasteiger partial charge in [0.1, 0.15) is 11.5 Å². The van der Waals surface area contributed by atoms with Gasteiger partial charge in [-0.15, -0.1) is 0 Å². The van der Waals surface area contributed by atoms with Crippen molar-refractivity contribution in [2.45, 2.75) is 25.7 Å². The minimum atomic E-state index is -0.292. The molecule has 5 heteroatoms. The number of aromatic nitrogens is 1. The number of nitrogens with one attached hydrogen (secondary N) is 2. The average molecular weight is 303 g/mol. The Balaban J connectivity index is 1.48. The largest absolute Gasteiger partial charge is 0.351 e. The number of nitrogens with zero attached hydrogens (tertiary/aromatic N) is 1. The third kappa shape index (κ3) is 3.65. The van der Waals surface area contributed by atoms with E-state index in [4.69, 9.17) is 0 Å². The van der Waals surface area contributed by atoms with E-state index < -0.39 is 0 Å². The van der Waals surface area contributed by atoms with Crippen LogP contribution in [0, 0.1) is 5.82 Å². The molecule has 1 saturated heterocycles. The summed E-state index contributed by atoms with van der Waals surface area (Å²) in [6, 6.07) is 6.16. The Hall–Kier alpha value is -1.88. The van der Waals surface area contributed by atoms with Crippen LogP contribution >= 0.6 is 0 Å². The summed E-state index contributed by atoms with van der Waals surface area (Å²) >= 11 is 0. The van der Waals surface area contributed by atoms with E-state index in [1.165, 1.54) is 44.5 Å². The van der Waals surface area contributed by atoms with Crippen molar-refractivity contribution in [3.05, 3.63) is 35.8 Å². The van der Waals surface area contributed by atoms with Crippen LogP contribution in [0.1, 0.15) is 36.2 Å². The third-order valence-electron chi connectivity index (χ3n) is 4.21. The van der Waals surface area contributed by atoms with Crippen molar-refractivity contribution in [2.24, 2.45) is 0 Å². The molecular formula is C17H22FN3O. The van der Waals surface area contributed by atoms with Gasteiger partial charge in [-0.1, -0.05) is 6.42 Å². The van der Waals surface area contributed by atoms with E-state index >= 15 is 0 Å². The highest BCUT2D eigenvalue weighted by Gasteiger charge is 2.11. The minimum Gasteiger partial charge on any atom is -0.351 e. The van der Waals surface area contributed by atoms with Crippen molar-refractivity contribution in [2.75, 3.05) is 26.2 Å². The van der Waals surface area contributed by atoms with Crippen LogP contribution in [0.4, 0.5) is 4.39 Å². The highest BCUT2D eigenvalue weighted by molar-refractivity contribution is 5.97. The molecule has 0 aliphatic carbocycles. The molecule has 3 rings (SSSR count). The normalized spacial score (nSPS) is 16.0. The number of hydrogen-bond donors (Lipinski definition) is 2. The number of carbonyl (C=O) groups is 1. The Morgan fingerprint density at radius 3 is 2.86 bits per heavy atom. The fourth-order valence-corrected chi connectivity index (χ4v) is 3.01. The number of likely N-dealkylation sites (tertiary alicyclic amines) is 1. The first-order chi connectivity index (χ1) is 10.7. The molecular weight excluding hydrogens is 281 g/mol. The number of benzene rings is 1. The smallest absolute Gasteiger partial charge is 0.267 e. The van der Waals surface area contributed by atoms with Gasteiger partial charge in [-0.2, -0.15) is 0 Å². The van der Waals surface area contributed by atoms with Crippen LogP contribution in [0.3, 0.4) is 0 Å². The predicted octanol–water partition coefficient (Wildman–Crippen LogP) is 2.91. The van der Waals surface area contributed by atoms with Crippen LogP contribution in [-0.4, -0.2) is 42.0 Å². The van der Waals surface area contributed by atoms with E-state index in [-0.39, 0.29) is 11.7 Å². The molecule has 0 spiro atoms. The van der Waals surface area contributed by atoms with Gasteiger partial charge in [0.15, 0.2) is 0 Å². The lowest BCUT2D eigenvalue weighted by Gasteiger charge is -2.26. The first-order valence-corrected chi connectivity index (χ1v) is 8.01. The van der Waals surface area contributed by atoms with E-state index in [0.29, 0.717) is 12.2 Å². The molecule has 0 saturated carbocycles. The second-order valence-corrected chi connectivity index (χ2v) is 5.93. The summed E-state index contributed by atoms with van der Waals surface area (Å²) in [7, 11) is 0. The molecule has 0 unspecified atom stereocenters. The summed E-state index contributed by atoms with van der Waals surface area (Å²) in [6.07, 6.45) is 4.88. The van der Waals surface area contributed by atoms with Gasteiger partial charge in [0.25, 0.3) is 5.91 Å². The molecule has 1 aliphatic heterocycles. The van der Waals surface area contributed by atoms with Gasteiger partial charge < -0.3 is 15.2 Å². The Morgan fingerprint density at radius 2 is 2.05 bits per heavy atom. The Morgan fingerprint density at radius 1 is 1.23 bits per heavy atom. The number of amides is 1. The average Bonchev–Trinajstić information content (AvgIpc) is 2.95. The molecule has 0 radical (unpaired) electrons. The van der Waals surface area contributed by atoms with Gasteiger partial charge in [0.2, 0.25) is 0 Å². The molecule has 2 heterocycles. The number of rotatable bonds is 5. The molecule has 0 atom stereocenters. The lowest BCUT2D eigenvalue weighted by molar-refractivity contribution is 0.0947. The lowest BCUT2D eigenvalue weighted by atomic mass is 10.1. The maximum absolute atomic E-state index is 13.2. The lowest BCUT2D eigenvalue weighted by Crippen LogP contribution is -2.33. The Labute approximate surface area is 129 Å². The molecule has 1 aromatic heterocycles. The highest BCUT2D eigenvalue weighted by Crippen LogP contribution is 2.16. The molecule has 4 nitrogen and oxygen atoms in total. The van der Waals surface area contributed by atoms with Crippen LogP contribution < -0.4 is 5.32 Å². The number of carbonyl (C=O) groups excluding carboxylic acids is 1. The summed E-state index contributed by atoms with van der Waals surface area (Å²) < 4.78 is 13.2. The van der Waals surface area contributed by atoms with E-state index in [2.05, 4.69) is 15.2 Å². The first-order valence-electron chi connectivity index (χ1n) is 8.01. The van der Waals surface area contributed by atoms with Crippen LogP contribution in [0.2, 0.25) is 0 Å². The van der Waals surface area contributed by atoms with Crippen LogP contribution in [-0.2, 0) is 0 Å². The zero-order chi connectivity index (χ0) is 15.4. The van der Waals surface area contributed by atoms with Gasteiger partial charge in [-0.25, -0.2) is 4.39 Å². The van der Waals surface area contributed by atoms with Gasteiger partial charge in [-0.05, 0) is 63.2 Å². The molecule has 1 amide bonds. The standard InChI is InChI=1S/C17H22FN3O/c18-14-5-6-15-13(11-14)12-16(20-15)17(22)19-7-4-10-21-8-2-1-3-9-21/h5-6,11-12,20H,1-4,7-10H2,(H,19,22). The topological polar surface area (TPSA) is 48.1 Å². The molecule has 1 fully saturated rings. The zero-order valence-electron chi connectivity index (χ0n) is 12.7. The Bertz CT molecular complexity index is 646. The van der Waals surface area contributed by atoms with E-state index in [1.807, 2.05) is 0 Å². The molecule has 2 aromatic rings. The van der Waals surface area contributed by atoms with Crippen LogP contribution in [0.5, 0.6) is 0 Å². The van der Waals surface area contributed by atoms with Gasteiger partial charge >= 0.3 is 0 Å². The van der Waals surface area contributed by atoms with Gasteiger partial charge in [0, 0.05) is 17.4 Å². The van der Waals surface area contributed by atoms with E-state index in [1.54, 1.807) is 12.1 Å². The molecule has 1 aliphatic rings. The molecule has 0 bridgehead atoms. The Kier molecular flexibility index (Phi) is 4.73. The van der Waals surface area contributed by atoms with Crippen molar-refractivity contribution in [1.29, 1.82) is 0 Å². The summed E-state index contributed by atoms with van der Waals surface area (Å²) in [5, 5.41) is 3.64. The first kappa shape index (κ1) is 15.0. The van der Waals surface area contributed by atoms with Crippen molar-refractivity contribution in [1.82, 2.24) is 15.2 Å². The second kappa shape index (κ2) is 6.92. The van der Waals surface area contributed by atoms with Crippen LogP contribution in [0.25, 0.3) is 10.9 Å².